The van der Waals surface area contributed by atoms with Crippen LogP contribution in [-0.4, -0.2) is 72.4 Å². The molecule has 1 fully saturated rings. The van der Waals surface area contributed by atoms with Gasteiger partial charge in [-0.1, -0.05) is 30.3 Å². The number of hydrogen-bond acceptors (Lipinski definition) is 5. The Morgan fingerprint density at radius 2 is 1.73 bits per heavy atom. The number of hydrogen-bond donors (Lipinski definition) is 2. The molecule has 9 nitrogen and oxygen atoms in total. The SMILES string of the molecule is CC(C)(C)OC(=O)N1CCC(NS(=O)(=O)c2ccc([C@H]3c4[nH]c5ccccc5c4CCN3C(=O)CCl)cc2)CC1. The molecule has 1 aromatic heterocycles. The maximum atomic E-state index is 13.2. The lowest BCUT2D eigenvalue weighted by atomic mass is 9.92. The zero-order valence-electron chi connectivity index (χ0n) is 22.9. The van der Waals surface area contributed by atoms with Crippen molar-refractivity contribution in [3.8, 4) is 0 Å². The van der Waals surface area contributed by atoms with Gasteiger partial charge in [0.05, 0.1) is 10.9 Å². The predicted molar refractivity (Wildman–Crippen MR) is 154 cm³/mol. The minimum atomic E-state index is -3.78. The summed E-state index contributed by atoms with van der Waals surface area (Å²) in [6.07, 6.45) is 1.32. The Kier molecular flexibility index (Phi) is 7.87. The molecule has 11 heteroatoms. The summed E-state index contributed by atoms with van der Waals surface area (Å²) in [5.41, 5.74) is 3.31. The zero-order valence-corrected chi connectivity index (χ0v) is 24.5. The molecule has 0 bridgehead atoms. The Balaban J connectivity index is 1.32. The van der Waals surface area contributed by atoms with Crippen LogP contribution in [0, 0.1) is 0 Å². The van der Waals surface area contributed by atoms with Gasteiger partial charge in [0.1, 0.15) is 11.5 Å². The third-order valence-corrected chi connectivity index (χ3v) is 9.21. The summed E-state index contributed by atoms with van der Waals surface area (Å²) in [6.45, 7) is 6.81. The van der Waals surface area contributed by atoms with Crippen molar-refractivity contribution in [2.45, 2.75) is 62.6 Å². The van der Waals surface area contributed by atoms with Gasteiger partial charge in [-0.05, 0) is 69.4 Å². The highest BCUT2D eigenvalue weighted by Gasteiger charge is 2.35. The number of nitrogens with zero attached hydrogens (tertiary/aromatic N) is 2. The topological polar surface area (TPSA) is 112 Å². The van der Waals surface area contributed by atoms with E-state index >= 15 is 0 Å². The number of para-hydroxylation sites is 1. The number of alkyl halides is 1. The second-order valence-corrected chi connectivity index (χ2v) is 13.3. The standard InChI is InChI=1S/C29H35ClN4O5S/c1-29(2,3)39-28(36)33-15-12-20(13-16-33)32-40(37,38)21-10-8-19(9-11-21)27-26-23(14-17-34(27)25(35)18-30)22-6-4-5-7-24(22)31-26/h4-11,20,27,31-32H,12-18H2,1-3H3/t27-/m0/s1. The summed E-state index contributed by atoms with van der Waals surface area (Å²) < 4.78 is 34.7. The quantitative estimate of drug-likeness (QED) is 0.426. The second-order valence-electron chi connectivity index (χ2n) is 11.4. The number of carbonyl (C=O) groups excluding carboxylic acids is 2. The summed E-state index contributed by atoms with van der Waals surface area (Å²) in [5, 5.41) is 1.13. The molecule has 3 heterocycles. The zero-order chi connectivity index (χ0) is 28.7. The number of ether oxygens (including phenoxy) is 1. The second kappa shape index (κ2) is 11.1. The molecule has 2 aliphatic heterocycles. The molecule has 1 saturated heterocycles. The molecule has 5 rings (SSSR count). The minimum Gasteiger partial charge on any atom is -0.444 e. The number of piperidine rings is 1. The van der Waals surface area contributed by atoms with E-state index < -0.39 is 21.7 Å². The highest BCUT2D eigenvalue weighted by Crippen LogP contribution is 2.38. The lowest BCUT2D eigenvalue weighted by Gasteiger charge is -2.36. The molecular weight excluding hydrogens is 552 g/mol. The summed E-state index contributed by atoms with van der Waals surface area (Å²) >= 11 is 5.96. The highest BCUT2D eigenvalue weighted by molar-refractivity contribution is 7.89. The number of aromatic nitrogens is 1. The van der Waals surface area contributed by atoms with E-state index in [1.165, 1.54) is 0 Å². The van der Waals surface area contributed by atoms with Crippen LogP contribution in [0.1, 0.15) is 56.5 Å². The van der Waals surface area contributed by atoms with Crippen LogP contribution in [0.3, 0.4) is 0 Å². The van der Waals surface area contributed by atoms with Gasteiger partial charge in [-0.25, -0.2) is 17.9 Å². The van der Waals surface area contributed by atoms with Crippen LogP contribution in [0.4, 0.5) is 4.79 Å². The third-order valence-electron chi connectivity index (χ3n) is 7.44. The number of likely N-dealkylation sites (tertiary alicyclic amines) is 1. The number of fused-ring (bicyclic) bond motifs is 3. The van der Waals surface area contributed by atoms with Gasteiger partial charge in [0.25, 0.3) is 0 Å². The maximum absolute atomic E-state index is 13.2. The number of halogens is 1. The van der Waals surface area contributed by atoms with Crippen LogP contribution in [0.15, 0.2) is 53.4 Å². The number of aromatic amines is 1. The van der Waals surface area contributed by atoms with Crippen LogP contribution in [0.2, 0.25) is 0 Å². The Hall–Kier alpha value is -3.08. The molecule has 40 heavy (non-hydrogen) atoms. The van der Waals surface area contributed by atoms with Gasteiger partial charge >= 0.3 is 6.09 Å². The van der Waals surface area contributed by atoms with Crippen molar-refractivity contribution >= 4 is 44.5 Å². The van der Waals surface area contributed by atoms with Crippen molar-refractivity contribution in [3.63, 3.8) is 0 Å². The van der Waals surface area contributed by atoms with E-state index in [-0.39, 0.29) is 28.8 Å². The molecule has 0 saturated carbocycles. The molecule has 1 atom stereocenters. The van der Waals surface area contributed by atoms with Crippen LogP contribution in [0.25, 0.3) is 10.9 Å². The summed E-state index contributed by atoms with van der Waals surface area (Å²) in [5.74, 6) is -0.304. The molecule has 2 aliphatic rings. The lowest BCUT2D eigenvalue weighted by molar-refractivity contribution is -0.130. The number of rotatable bonds is 5. The average molecular weight is 587 g/mol. The van der Waals surface area contributed by atoms with E-state index in [0.717, 1.165) is 27.7 Å². The first-order valence-electron chi connectivity index (χ1n) is 13.5. The van der Waals surface area contributed by atoms with Crippen molar-refractivity contribution in [3.05, 3.63) is 65.4 Å². The Bertz CT molecular complexity index is 1510. The Morgan fingerprint density at radius 1 is 1.05 bits per heavy atom. The van der Waals surface area contributed by atoms with Gasteiger partial charge in [-0.3, -0.25) is 4.79 Å². The molecular formula is C29H35ClN4O5S. The number of benzene rings is 2. The molecule has 0 unspecified atom stereocenters. The highest BCUT2D eigenvalue weighted by atomic mass is 35.5. The molecule has 2 aromatic carbocycles. The average Bonchev–Trinajstić information content (AvgIpc) is 3.30. The van der Waals surface area contributed by atoms with Crippen LogP contribution < -0.4 is 4.72 Å². The largest absolute Gasteiger partial charge is 0.444 e. The van der Waals surface area contributed by atoms with Gasteiger partial charge in [-0.2, -0.15) is 0 Å². The van der Waals surface area contributed by atoms with Gasteiger partial charge in [0.2, 0.25) is 15.9 Å². The number of H-pyrrole nitrogens is 1. The first-order valence-corrected chi connectivity index (χ1v) is 15.5. The summed E-state index contributed by atoms with van der Waals surface area (Å²) in [6, 6.07) is 14.0. The van der Waals surface area contributed by atoms with Gasteiger partial charge < -0.3 is 19.5 Å². The monoisotopic (exact) mass is 586 g/mol. The van der Waals surface area contributed by atoms with Crippen LogP contribution in [0.5, 0.6) is 0 Å². The minimum absolute atomic E-state index is 0.130. The third kappa shape index (κ3) is 5.84. The fraction of sp³-hybridized carbons (Fsp3) is 0.448. The van der Waals surface area contributed by atoms with Crippen molar-refractivity contribution in [1.82, 2.24) is 19.5 Å². The van der Waals surface area contributed by atoms with E-state index in [1.54, 1.807) is 34.1 Å². The molecule has 214 valence electrons. The molecule has 0 radical (unpaired) electrons. The fourth-order valence-electron chi connectivity index (χ4n) is 5.56. The number of sulfonamides is 1. The van der Waals surface area contributed by atoms with Gasteiger partial charge in [0, 0.05) is 42.3 Å². The van der Waals surface area contributed by atoms with E-state index in [9.17, 15) is 18.0 Å². The van der Waals surface area contributed by atoms with E-state index in [2.05, 4.69) is 15.8 Å². The van der Waals surface area contributed by atoms with Crippen molar-refractivity contribution in [1.29, 1.82) is 0 Å². The molecule has 3 aromatic rings. The Labute approximate surface area is 239 Å². The fourth-order valence-corrected chi connectivity index (χ4v) is 7.01. The van der Waals surface area contributed by atoms with E-state index in [0.29, 0.717) is 38.9 Å². The van der Waals surface area contributed by atoms with Crippen LogP contribution in [-0.2, 0) is 26.0 Å². The normalized spacial score (nSPS) is 18.6. The molecule has 0 aliphatic carbocycles. The number of amides is 2. The first kappa shape index (κ1) is 28.4. The predicted octanol–water partition coefficient (Wildman–Crippen LogP) is 4.56. The molecule has 0 spiro atoms. The van der Waals surface area contributed by atoms with E-state index in [4.69, 9.17) is 16.3 Å². The van der Waals surface area contributed by atoms with Gasteiger partial charge in [0.15, 0.2) is 0 Å². The number of nitrogens with one attached hydrogen (secondary N) is 2. The first-order chi connectivity index (χ1) is 19.0. The summed E-state index contributed by atoms with van der Waals surface area (Å²) in [4.78, 5) is 32.1. The molecule has 2 N–H and O–H groups in total. The van der Waals surface area contributed by atoms with Crippen LogP contribution >= 0.6 is 11.6 Å². The summed E-state index contributed by atoms with van der Waals surface area (Å²) in [7, 11) is -3.78. The number of carbonyl (C=O) groups is 2. The van der Waals surface area contributed by atoms with Crippen molar-refractivity contribution in [2.24, 2.45) is 0 Å². The van der Waals surface area contributed by atoms with E-state index in [1.807, 2.05) is 39.0 Å². The lowest BCUT2D eigenvalue weighted by Crippen LogP contribution is -2.47. The van der Waals surface area contributed by atoms with Gasteiger partial charge in [-0.15, -0.1) is 11.6 Å². The Morgan fingerprint density at radius 3 is 2.38 bits per heavy atom. The molecule has 2 amide bonds. The smallest absolute Gasteiger partial charge is 0.410 e. The van der Waals surface area contributed by atoms with Crippen molar-refractivity contribution in [2.75, 3.05) is 25.5 Å². The maximum Gasteiger partial charge on any atom is 0.410 e. The van der Waals surface area contributed by atoms with Crippen molar-refractivity contribution < 1.29 is 22.7 Å².